The number of nitrogens with two attached hydrogens (primary N) is 1. The fourth-order valence-corrected chi connectivity index (χ4v) is 1.73. The summed E-state index contributed by atoms with van der Waals surface area (Å²) in [7, 11) is 0. The summed E-state index contributed by atoms with van der Waals surface area (Å²) in [5.74, 6) is 1.02. The van der Waals surface area contributed by atoms with Crippen molar-refractivity contribution >= 4 is 17.6 Å². The van der Waals surface area contributed by atoms with E-state index in [4.69, 9.17) is 5.73 Å². The predicted octanol–water partition coefficient (Wildman–Crippen LogP) is 1.23. The van der Waals surface area contributed by atoms with Gasteiger partial charge in [-0.25, -0.2) is 9.97 Å². The summed E-state index contributed by atoms with van der Waals surface area (Å²) in [5.41, 5.74) is 5.70. The van der Waals surface area contributed by atoms with Crippen LogP contribution in [0.15, 0.2) is 11.2 Å². The summed E-state index contributed by atoms with van der Waals surface area (Å²) in [6, 6.07) is 1.72. The summed E-state index contributed by atoms with van der Waals surface area (Å²) < 4.78 is 0. The molecule has 1 rings (SSSR count). The summed E-state index contributed by atoms with van der Waals surface area (Å²) in [6.07, 6.45) is 0. The molecule has 14 heavy (non-hydrogen) atoms. The Balaban J connectivity index is 2.68. The topological polar surface area (TPSA) is 72.0 Å². The third kappa shape index (κ3) is 3.93. The Morgan fingerprint density at radius 3 is 2.64 bits per heavy atom. The van der Waals surface area contributed by atoms with Crippen molar-refractivity contribution in [3.63, 3.8) is 0 Å². The van der Waals surface area contributed by atoms with Gasteiger partial charge in [0.2, 0.25) is 0 Å². The largest absolute Gasteiger partial charge is 0.390 e. The molecule has 0 aliphatic heterocycles. The first-order valence-electron chi connectivity index (χ1n) is 4.33. The predicted molar refractivity (Wildman–Crippen MR) is 58.2 cm³/mol. The fraction of sp³-hybridized carbons (Fsp3) is 0.556. The van der Waals surface area contributed by atoms with Crippen molar-refractivity contribution in [2.45, 2.75) is 31.5 Å². The fourth-order valence-electron chi connectivity index (χ4n) is 0.871. The van der Waals surface area contributed by atoms with Gasteiger partial charge in [0.15, 0.2) is 5.16 Å². The van der Waals surface area contributed by atoms with Crippen LogP contribution in [0.4, 0.5) is 5.82 Å². The smallest absolute Gasteiger partial charge is 0.189 e. The Kier molecular flexibility index (Phi) is 3.34. The van der Waals surface area contributed by atoms with Crippen molar-refractivity contribution in [1.29, 1.82) is 0 Å². The molecule has 1 aromatic rings. The van der Waals surface area contributed by atoms with E-state index >= 15 is 0 Å². The van der Waals surface area contributed by atoms with E-state index in [0.29, 0.717) is 16.7 Å². The van der Waals surface area contributed by atoms with Gasteiger partial charge >= 0.3 is 0 Å². The third-order valence-corrected chi connectivity index (χ3v) is 2.70. The van der Waals surface area contributed by atoms with Gasteiger partial charge in [0, 0.05) is 17.5 Å². The standard InChI is InChI=1S/C9H15N3OS/c1-6-4-7(10)12-8(11-6)14-5-9(2,3)13/h4,13H,5H2,1-3H3,(H2,10,11,12). The lowest BCUT2D eigenvalue weighted by atomic mass is 10.2. The van der Waals surface area contributed by atoms with Crippen LogP contribution in [0.1, 0.15) is 19.5 Å². The van der Waals surface area contributed by atoms with Crippen LogP contribution in [0, 0.1) is 6.92 Å². The van der Waals surface area contributed by atoms with Crippen molar-refractivity contribution < 1.29 is 5.11 Å². The zero-order chi connectivity index (χ0) is 10.8. The van der Waals surface area contributed by atoms with Gasteiger partial charge in [-0.15, -0.1) is 0 Å². The summed E-state index contributed by atoms with van der Waals surface area (Å²) in [6.45, 7) is 5.37. The molecule has 78 valence electrons. The maximum Gasteiger partial charge on any atom is 0.189 e. The Hall–Kier alpha value is -0.810. The molecule has 0 aliphatic carbocycles. The van der Waals surface area contributed by atoms with Crippen LogP contribution >= 0.6 is 11.8 Å². The number of aryl methyl sites for hydroxylation is 1. The van der Waals surface area contributed by atoms with Crippen LogP contribution in [0.3, 0.4) is 0 Å². The van der Waals surface area contributed by atoms with Crippen LogP contribution in [0.5, 0.6) is 0 Å². The number of nitrogens with zero attached hydrogens (tertiary/aromatic N) is 2. The first kappa shape index (κ1) is 11.3. The zero-order valence-corrected chi connectivity index (χ0v) is 9.43. The number of aromatic nitrogens is 2. The molecule has 1 heterocycles. The van der Waals surface area contributed by atoms with Crippen LogP contribution in [-0.2, 0) is 0 Å². The zero-order valence-electron chi connectivity index (χ0n) is 8.61. The van der Waals surface area contributed by atoms with E-state index in [1.807, 2.05) is 6.92 Å². The minimum absolute atomic E-state index is 0.468. The summed E-state index contributed by atoms with van der Waals surface area (Å²) in [5, 5.41) is 10.1. The molecule has 0 fully saturated rings. The lowest BCUT2D eigenvalue weighted by molar-refractivity contribution is 0.107. The highest BCUT2D eigenvalue weighted by molar-refractivity contribution is 7.99. The SMILES string of the molecule is Cc1cc(N)nc(SCC(C)(C)O)n1. The van der Waals surface area contributed by atoms with Gasteiger partial charge in [-0.2, -0.15) is 0 Å². The number of hydrogen-bond donors (Lipinski definition) is 2. The summed E-state index contributed by atoms with van der Waals surface area (Å²) in [4.78, 5) is 8.25. The van der Waals surface area contributed by atoms with Crippen LogP contribution in [0.2, 0.25) is 0 Å². The Bertz CT molecular complexity index is 302. The van der Waals surface area contributed by atoms with Gasteiger partial charge in [0.1, 0.15) is 5.82 Å². The molecule has 5 heteroatoms. The van der Waals surface area contributed by atoms with Gasteiger partial charge in [-0.1, -0.05) is 11.8 Å². The Labute approximate surface area is 88.0 Å². The molecule has 0 aliphatic rings. The molecule has 0 saturated carbocycles. The number of thioether (sulfide) groups is 1. The normalized spacial score (nSPS) is 11.7. The highest BCUT2D eigenvalue weighted by Crippen LogP contribution is 2.19. The number of aliphatic hydroxyl groups is 1. The maximum atomic E-state index is 9.51. The molecule has 0 atom stereocenters. The molecule has 0 radical (unpaired) electrons. The van der Waals surface area contributed by atoms with Gasteiger partial charge in [0.05, 0.1) is 5.60 Å². The highest BCUT2D eigenvalue weighted by Gasteiger charge is 2.14. The van der Waals surface area contributed by atoms with Gasteiger partial charge in [0.25, 0.3) is 0 Å². The van der Waals surface area contributed by atoms with Crippen LogP contribution < -0.4 is 5.73 Å². The van der Waals surface area contributed by atoms with Crippen LogP contribution in [-0.4, -0.2) is 26.4 Å². The Morgan fingerprint density at radius 2 is 2.14 bits per heavy atom. The van der Waals surface area contributed by atoms with Crippen molar-refractivity contribution in [3.8, 4) is 0 Å². The van der Waals surface area contributed by atoms with Crippen molar-refractivity contribution in [1.82, 2.24) is 9.97 Å². The third-order valence-electron chi connectivity index (χ3n) is 1.41. The minimum Gasteiger partial charge on any atom is -0.390 e. The Morgan fingerprint density at radius 1 is 1.50 bits per heavy atom. The second-order valence-corrected chi connectivity index (χ2v) is 4.76. The van der Waals surface area contributed by atoms with E-state index in [9.17, 15) is 5.11 Å². The van der Waals surface area contributed by atoms with Gasteiger partial charge in [-0.3, -0.25) is 0 Å². The highest BCUT2D eigenvalue weighted by atomic mass is 32.2. The van der Waals surface area contributed by atoms with E-state index in [-0.39, 0.29) is 0 Å². The molecule has 0 saturated heterocycles. The lowest BCUT2D eigenvalue weighted by Gasteiger charge is -2.15. The monoisotopic (exact) mass is 213 g/mol. The van der Waals surface area contributed by atoms with Crippen molar-refractivity contribution in [2.24, 2.45) is 0 Å². The van der Waals surface area contributed by atoms with Crippen molar-refractivity contribution in [3.05, 3.63) is 11.8 Å². The molecule has 0 bridgehead atoms. The lowest BCUT2D eigenvalue weighted by Crippen LogP contribution is -2.21. The molecule has 0 unspecified atom stereocenters. The number of anilines is 1. The second-order valence-electron chi connectivity index (χ2n) is 3.82. The summed E-state index contributed by atoms with van der Waals surface area (Å²) >= 11 is 1.40. The molecule has 4 nitrogen and oxygen atoms in total. The molecule has 3 N–H and O–H groups in total. The van der Waals surface area contributed by atoms with E-state index in [2.05, 4.69) is 9.97 Å². The van der Waals surface area contributed by atoms with Gasteiger partial charge < -0.3 is 10.8 Å². The number of rotatable bonds is 3. The van der Waals surface area contributed by atoms with E-state index < -0.39 is 5.60 Å². The molecular weight excluding hydrogens is 198 g/mol. The average molecular weight is 213 g/mol. The first-order valence-corrected chi connectivity index (χ1v) is 5.32. The van der Waals surface area contributed by atoms with E-state index in [0.717, 1.165) is 5.69 Å². The molecule has 0 spiro atoms. The quantitative estimate of drug-likeness (QED) is 0.583. The van der Waals surface area contributed by atoms with E-state index in [1.165, 1.54) is 11.8 Å². The number of hydrogen-bond acceptors (Lipinski definition) is 5. The van der Waals surface area contributed by atoms with Crippen molar-refractivity contribution in [2.75, 3.05) is 11.5 Å². The van der Waals surface area contributed by atoms with Crippen LogP contribution in [0.25, 0.3) is 0 Å². The maximum absolute atomic E-state index is 9.51. The second kappa shape index (κ2) is 4.14. The number of nitrogen functional groups attached to an aromatic ring is 1. The molecule has 1 aromatic heterocycles. The van der Waals surface area contributed by atoms with E-state index in [1.54, 1.807) is 19.9 Å². The molecular formula is C9H15N3OS. The minimum atomic E-state index is -0.716. The molecule has 0 amide bonds. The van der Waals surface area contributed by atoms with Gasteiger partial charge in [-0.05, 0) is 20.8 Å². The first-order chi connectivity index (χ1) is 6.37. The average Bonchev–Trinajstić information content (AvgIpc) is 1.97. The molecule has 0 aromatic carbocycles.